The molecule has 0 saturated heterocycles. The van der Waals surface area contributed by atoms with E-state index in [4.69, 9.17) is 9.84 Å². The highest BCUT2D eigenvalue weighted by Gasteiger charge is 2.38. The van der Waals surface area contributed by atoms with Crippen molar-refractivity contribution in [1.29, 1.82) is 0 Å². The molecule has 0 amide bonds. The molecule has 0 aromatic carbocycles. The van der Waals surface area contributed by atoms with Gasteiger partial charge in [0.05, 0.1) is 5.60 Å². The van der Waals surface area contributed by atoms with Crippen molar-refractivity contribution in [2.24, 2.45) is 0 Å². The summed E-state index contributed by atoms with van der Waals surface area (Å²) in [5.74, 6) is 0. The lowest BCUT2D eigenvalue weighted by atomic mass is 10.1. The fourth-order valence-electron chi connectivity index (χ4n) is 0.528. The molecular formula is C8H17NO4. The second-order valence-corrected chi connectivity index (χ2v) is 4.31. The molecular weight excluding hydrogens is 174 g/mol. The molecule has 5 heteroatoms. The first-order valence-electron chi connectivity index (χ1n) is 4.10. The van der Waals surface area contributed by atoms with Crippen molar-refractivity contribution in [3.05, 3.63) is 10.1 Å². The summed E-state index contributed by atoms with van der Waals surface area (Å²) in [6.07, 6.45) is 0. The van der Waals surface area contributed by atoms with E-state index in [-0.39, 0.29) is 6.61 Å². The second-order valence-electron chi connectivity index (χ2n) is 4.31. The zero-order chi connectivity index (χ0) is 10.7. The number of nitrogens with zero attached hydrogens (tertiary/aromatic N) is 1. The standard InChI is InChI=1S/C8H17NO4/c1-7(2,3)13-6-8(4,5-10)9(11)12/h10H,5-6H2,1-4H3. The van der Waals surface area contributed by atoms with E-state index < -0.39 is 22.7 Å². The summed E-state index contributed by atoms with van der Waals surface area (Å²) in [4.78, 5) is 10.0. The molecule has 0 bridgehead atoms. The summed E-state index contributed by atoms with van der Waals surface area (Å²) < 4.78 is 5.24. The van der Waals surface area contributed by atoms with Crippen molar-refractivity contribution in [2.45, 2.75) is 38.8 Å². The molecule has 0 rings (SSSR count). The van der Waals surface area contributed by atoms with Crippen LogP contribution in [0.1, 0.15) is 27.7 Å². The Morgan fingerprint density at radius 3 is 2.08 bits per heavy atom. The van der Waals surface area contributed by atoms with E-state index >= 15 is 0 Å². The predicted octanol–water partition coefficient (Wildman–Crippen LogP) is 0.829. The molecule has 0 spiro atoms. The van der Waals surface area contributed by atoms with Gasteiger partial charge in [-0.2, -0.15) is 0 Å². The Kier molecular flexibility index (Phi) is 3.81. The quantitative estimate of drug-likeness (QED) is 0.527. The second kappa shape index (κ2) is 4.02. The van der Waals surface area contributed by atoms with Crippen LogP contribution >= 0.6 is 0 Å². The molecule has 0 aliphatic rings. The number of rotatable bonds is 4. The highest BCUT2D eigenvalue weighted by atomic mass is 16.6. The van der Waals surface area contributed by atoms with Crippen LogP contribution in [0.3, 0.4) is 0 Å². The largest absolute Gasteiger partial charge is 0.389 e. The number of aliphatic hydroxyl groups excluding tert-OH is 1. The van der Waals surface area contributed by atoms with E-state index in [1.54, 1.807) is 0 Å². The highest BCUT2D eigenvalue weighted by Crippen LogP contribution is 2.14. The van der Waals surface area contributed by atoms with Gasteiger partial charge in [0.15, 0.2) is 0 Å². The SMILES string of the molecule is CC(C)(C)OCC(C)(CO)[N+](=O)[O-]. The first-order valence-corrected chi connectivity index (χ1v) is 4.10. The maximum atomic E-state index is 10.5. The molecule has 0 aromatic rings. The summed E-state index contributed by atoms with van der Waals surface area (Å²) in [5, 5.41) is 19.4. The lowest BCUT2D eigenvalue weighted by Gasteiger charge is -2.25. The predicted molar refractivity (Wildman–Crippen MR) is 48.2 cm³/mol. The molecule has 1 unspecified atom stereocenters. The third kappa shape index (κ3) is 4.19. The molecule has 0 aliphatic carbocycles. The van der Waals surface area contributed by atoms with Crippen molar-refractivity contribution in [1.82, 2.24) is 0 Å². The molecule has 78 valence electrons. The van der Waals surface area contributed by atoms with Crippen LogP contribution < -0.4 is 0 Å². The van der Waals surface area contributed by atoms with Crippen LogP contribution in [-0.2, 0) is 4.74 Å². The Morgan fingerprint density at radius 2 is 1.85 bits per heavy atom. The van der Waals surface area contributed by atoms with E-state index in [1.165, 1.54) is 6.92 Å². The molecule has 0 heterocycles. The minimum absolute atomic E-state index is 0.0833. The van der Waals surface area contributed by atoms with E-state index in [0.29, 0.717) is 0 Å². The van der Waals surface area contributed by atoms with Crippen LogP contribution in [-0.4, -0.2) is 34.4 Å². The van der Waals surface area contributed by atoms with Gasteiger partial charge < -0.3 is 9.84 Å². The Bertz CT molecular complexity index is 187. The molecule has 1 atom stereocenters. The maximum absolute atomic E-state index is 10.5. The van der Waals surface area contributed by atoms with Gasteiger partial charge in [-0.1, -0.05) is 0 Å². The topological polar surface area (TPSA) is 72.6 Å². The lowest BCUT2D eigenvalue weighted by molar-refractivity contribution is -0.574. The van der Waals surface area contributed by atoms with Gasteiger partial charge in [0, 0.05) is 11.8 Å². The van der Waals surface area contributed by atoms with Gasteiger partial charge in [0.2, 0.25) is 0 Å². The van der Waals surface area contributed by atoms with Crippen molar-refractivity contribution in [3.8, 4) is 0 Å². The van der Waals surface area contributed by atoms with Gasteiger partial charge >= 0.3 is 0 Å². The molecule has 0 radical (unpaired) electrons. The van der Waals surface area contributed by atoms with E-state index in [0.717, 1.165) is 0 Å². The lowest BCUT2D eigenvalue weighted by Crippen LogP contribution is -2.45. The van der Waals surface area contributed by atoms with Gasteiger partial charge in [-0.3, -0.25) is 10.1 Å². The first kappa shape index (κ1) is 12.3. The van der Waals surface area contributed by atoms with Crippen molar-refractivity contribution in [2.75, 3.05) is 13.2 Å². The first-order chi connectivity index (χ1) is 5.71. The summed E-state index contributed by atoms with van der Waals surface area (Å²) in [6, 6.07) is 0. The number of hydrogen-bond donors (Lipinski definition) is 1. The average molecular weight is 191 g/mol. The van der Waals surface area contributed by atoms with Gasteiger partial charge in [-0.15, -0.1) is 0 Å². The Labute approximate surface area is 77.9 Å². The fourth-order valence-corrected chi connectivity index (χ4v) is 0.528. The van der Waals surface area contributed by atoms with Gasteiger partial charge in [-0.25, -0.2) is 0 Å². The maximum Gasteiger partial charge on any atom is 0.264 e. The van der Waals surface area contributed by atoms with Crippen molar-refractivity contribution in [3.63, 3.8) is 0 Å². The molecule has 13 heavy (non-hydrogen) atoms. The molecule has 0 aromatic heterocycles. The van der Waals surface area contributed by atoms with Crippen LogP contribution in [0.5, 0.6) is 0 Å². The summed E-state index contributed by atoms with van der Waals surface area (Å²) in [5.41, 5.74) is -1.82. The van der Waals surface area contributed by atoms with Gasteiger partial charge in [-0.05, 0) is 20.8 Å². The normalized spacial score (nSPS) is 16.7. The summed E-state index contributed by atoms with van der Waals surface area (Å²) >= 11 is 0. The van der Waals surface area contributed by atoms with E-state index in [1.807, 2.05) is 20.8 Å². The third-order valence-electron chi connectivity index (χ3n) is 1.60. The summed E-state index contributed by atoms with van der Waals surface area (Å²) in [7, 11) is 0. The van der Waals surface area contributed by atoms with Crippen molar-refractivity contribution < 1.29 is 14.8 Å². The number of ether oxygens (including phenoxy) is 1. The number of hydrogen-bond acceptors (Lipinski definition) is 4. The van der Waals surface area contributed by atoms with Crippen LogP contribution in [0.15, 0.2) is 0 Å². The highest BCUT2D eigenvalue weighted by molar-refractivity contribution is 4.73. The minimum Gasteiger partial charge on any atom is -0.389 e. The smallest absolute Gasteiger partial charge is 0.264 e. The number of nitro groups is 1. The molecule has 0 saturated carbocycles. The van der Waals surface area contributed by atoms with Gasteiger partial charge in [0.25, 0.3) is 5.54 Å². The van der Waals surface area contributed by atoms with Crippen LogP contribution in [0.4, 0.5) is 0 Å². The zero-order valence-corrected chi connectivity index (χ0v) is 8.53. The van der Waals surface area contributed by atoms with E-state index in [2.05, 4.69) is 0 Å². The molecule has 5 nitrogen and oxygen atoms in total. The zero-order valence-electron chi connectivity index (χ0n) is 8.53. The Hall–Kier alpha value is -0.680. The monoisotopic (exact) mass is 191 g/mol. The van der Waals surface area contributed by atoms with Crippen LogP contribution in [0, 0.1) is 10.1 Å². The molecule has 0 aliphatic heterocycles. The Balaban J connectivity index is 4.22. The Morgan fingerprint density at radius 1 is 1.38 bits per heavy atom. The van der Waals surface area contributed by atoms with Crippen LogP contribution in [0.2, 0.25) is 0 Å². The van der Waals surface area contributed by atoms with E-state index in [9.17, 15) is 10.1 Å². The molecule has 0 fully saturated rings. The molecule has 1 N–H and O–H groups in total. The summed E-state index contributed by atoms with van der Waals surface area (Å²) in [6.45, 7) is 6.19. The van der Waals surface area contributed by atoms with Crippen molar-refractivity contribution >= 4 is 0 Å². The fraction of sp³-hybridized carbons (Fsp3) is 1.00. The third-order valence-corrected chi connectivity index (χ3v) is 1.60. The van der Waals surface area contributed by atoms with Gasteiger partial charge in [0.1, 0.15) is 13.2 Å². The van der Waals surface area contributed by atoms with Crippen LogP contribution in [0.25, 0.3) is 0 Å². The minimum atomic E-state index is -1.40. The average Bonchev–Trinajstić information content (AvgIpc) is 1.98. The number of aliphatic hydroxyl groups is 1.